The molecule has 7 rings (SSSR count). The number of hydrogen-bond donors (Lipinski definition) is 1. The molecule has 0 bridgehead atoms. The molecule has 0 spiro atoms. The SMILES string of the molecule is Cc1cccc(N2CCN(C(c3cc4cc5c(cc4[nH]c3=O)OCO5)c3nnnn3CC3CCCO3)CC2)c1C. The minimum atomic E-state index is -0.421. The maximum atomic E-state index is 13.7. The quantitative estimate of drug-likeness (QED) is 0.392. The Labute approximate surface area is 231 Å². The van der Waals surface area contributed by atoms with Gasteiger partial charge in [-0.25, -0.2) is 4.68 Å². The van der Waals surface area contributed by atoms with Crippen molar-refractivity contribution in [3.8, 4) is 11.5 Å². The van der Waals surface area contributed by atoms with Crippen molar-refractivity contribution in [3.63, 3.8) is 0 Å². The van der Waals surface area contributed by atoms with E-state index >= 15 is 0 Å². The van der Waals surface area contributed by atoms with Crippen LogP contribution in [-0.4, -0.2) is 75.8 Å². The molecule has 0 radical (unpaired) electrons. The molecule has 3 aliphatic heterocycles. The van der Waals surface area contributed by atoms with E-state index in [4.69, 9.17) is 14.2 Å². The number of nitrogens with zero attached hydrogens (tertiary/aromatic N) is 6. The predicted octanol–water partition coefficient (Wildman–Crippen LogP) is 2.95. The van der Waals surface area contributed by atoms with Gasteiger partial charge in [-0.05, 0) is 66.4 Å². The molecule has 208 valence electrons. The number of piperazine rings is 1. The van der Waals surface area contributed by atoms with Crippen molar-refractivity contribution in [1.29, 1.82) is 0 Å². The summed E-state index contributed by atoms with van der Waals surface area (Å²) in [7, 11) is 0. The molecule has 2 atom stereocenters. The van der Waals surface area contributed by atoms with E-state index in [0.29, 0.717) is 34.9 Å². The van der Waals surface area contributed by atoms with E-state index in [0.717, 1.165) is 51.0 Å². The van der Waals surface area contributed by atoms with Crippen LogP contribution in [0.3, 0.4) is 0 Å². The lowest BCUT2D eigenvalue weighted by atomic mass is 10.0. The summed E-state index contributed by atoms with van der Waals surface area (Å²) in [5, 5.41) is 13.7. The summed E-state index contributed by atoms with van der Waals surface area (Å²) < 4.78 is 18.8. The first kappa shape index (κ1) is 25.0. The third-order valence-electron chi connectivity index (χ3n) is 8.46. The zero-order valence-electron chi connectivity index (χ0n) is 22.8. The molecule has 3 aliphatic rings. The van der Waals surface area contributed by atoms with Gasteiger partial charge in [-0.15, -0.1) is 5.10 Å². The highest BCUT2D eigenvalue weighted by atomic mass is 16.7. The standard InChI is InChI=1S/C29H33N7O4/c1-18-5-3-7-24(19(18)2)34-8-10-35(11-9-34)27(28-31-32-33-36(28)16-21-6-4-12-38-21)22-13-20-14-25-26(40-17-39-25)15-23(20)30-29(22)37/h3,5,7,13-15,21,27H,4,6,8-12,16-17H2,1-2H3,(H,30,37). The lowest BCUT2D eigenvalue weighted by Crippen LogP contribution is -2.49. The Morgan fingerprint density at radius 3 is 2.70 bits per heavy atom. The fraction of sp³-hybridized carbons (Fsp3) is 0.448. The summed E-state index contributed by atoms with van der Waals surface area (Å²) in [6.45, 7) is 8.99. The highest BCUT2D eigenvalue weighted by Gasteiger charge is 2.34. The van der Waals surface area contributed by atoms with Crippen LogP contribution < -0.4 is 19.9 Å². The number of H-pyrrole nitrogens is 1. The maximum absolute atomic E-state index is 13.7. The topological polar surface area (TPSA) is 111 Å². The molecule has 0 amide bonds. The summed E-state index contributed by atoms with van der Waals surface area (Å²) in [5.74, 6) is 1.96. The van der Waals surface area contributed by atoms with Crippen molar-refractivity contribution in [2.45, 2.75) is 45.4 Å². The number of aromatic amines is 1. The van der Waals surface area contributed by atoms with Crippen LogP contribution in [0.2, 0.25) is 0 Å². The zero-order chi connectivity index (χ0) is 27.2. The van der Waals surface area contributed by atoms with Gasteiger partial charge in [0.2, 0.25) is 6.79 Å². The van der Waals surface area contributed by atoms with Gasteiger partial charge in [0.25, 0.3) is 5.56 Å². The molecule has 2 saturated heterocycles. The summed E-state index contributed by atoms with van der Waals surface area (Å²) in [6.07, 6.45) is 2.08. The van der Waals surface area contributed by atoms with Gasteiger partial charge in [0, 0.05) is 55.5 Å². The Hall–Kier alpha value is -3.96. The van der Waals surface area contributed by atoms with Crippen LogP contribution in [0, 0.1) is 13.8 Å². The van der Waals surface area contributed by atoms with E-state index in [2.05, 4.69) is 62.4 Å². The number of ether oxygens (including phenoxy) is 3. The predicted molar refractivity (Wildman–Crippen MR) is 149 cm³/mol. The van der Waals surface area contributed by atoms with Gasteiger partial charge in [-0.3, -0.25) is 9.69 Å². The molecule has 2 unspecified atom stereocenters. The number of aryl methyl sites for hydroxylation is 1. The Balaban J connectivity index is 1.26. The fourth-order valence-corrected chi connectivity index (χ4v) is 6.13. The maximum Gasteiger partial charge on any atom is 0.253 e. The van der Waals surface area contributed by atoms with Crippen LogP contribution in [0.25, 0.3) is 10.9 Å². The highest BCUT2D eigenvalue weighted by molar-refractivity contribution is 5.83. The average molecular weight is 544 g/mol. The van der Waals surface area contributed by atoms with Gasteiger partial charge < -0.3 is 24.1 Å². The number of pyridine rings is 1. The van der Waals surface area contributed by atoms with Crippen molar-refractivity contribution < 1.29 is 14.2 Å². The van der Waals surface area contributed by atoms with Crippen LogP contribution in [-0.2, 0) is 11.3 Å². The molecule has 0 aliphatic carbocycles. The van der Waals surface area contributed by atoms with Crippen LogP contribution >= 0.6 is 0 Å². The van der Waals surface area contributed by atoms with Gasteiger partial charge in [-0.2, -0.15) is 0 Å². The third kappa shape index (κ3) is 4.48. The van der Waals surface area contributed by atoms with Crippen LogP contribution in [0.1, 0.15) is 41.4 Å². The Morgan fingerprint density at radius 2 is 1.90 bits per heavy atom. The van der Waals surface area contributed by atoms with Crippen molar-refractivity contribution in [2.24, 2.45) is 0 Å². The smallest absolute Gasteiger partial charge is 0.253 e. The lowest BCUT2D eigenvalue weighted by Gasteiger charge is -2.40. The molecule has 2 fully saturated rings. The number of tetrazole rings is 1. The number of benzene rings is 2. The summed E-state index contributed by atoms with van der Waals surface area (Å²) in [4.78, 5) is 21.5. The molecule has 0 saturated carbocycles. The molecule has 11 nitrogen and oxygen atoms in total. The van der Waals surface area contributed by atoms with Crippen LogP contribution in [0.15, 0.2) is 41.2 Å². The van der Waals surface area contributed by atoms with Crippen molar-refractivity contribution in [2.75, 3.05) is 44.5 Å². The molecule has 2 aromatic heterocycles. The zero-order valence-corrected chi connectivity index (χ0v) is 22.8. The number of fused-ring (bicyclic) bond motifs is 2. The van der Waals surface area contributed by atoms with Gasteiger partial charge in [0.05, 0.1) is 18.2 Å². The van der Waals surface area contributed by atoms with Gasteiger partial charge in [-0.1, -0.05) is 12.1 Å². The molecular formula is C29H33N7O4. The fourth-order valence-electron chi connectivity index (χ4n) is 6.13. The Bertz CT molecular complexity index is 1600. The minimum Gasteiger partial charge on any atom is -0.454 e. The van der Waals surface area contributed by atoms with E-state index in [1.165, 1.54) is 16.8 Å². The first-order chi connectivity index (χ1) is 19.5. The number of rotatable bonds is 6. The van der Waals surface area contributed by atoms with Crippen molar-refractivity contribution in [1.82, 2.24) is 30.1 Å². The molecule has 2 aromatic carbocycles. The molecular weight excluding hydrogens is 510 g/mol. The second kappa shape index (κ2) is 10.2. The average Bonchev–Trinajstić information content (AvgIpc) is 3.74. The first-order valence-corrected chi connectivity index (χ1v) is 13.9. The molecule has 1 N–H and O–H groups in total. The Morgan fingerprint density at radius 1 is 1.07 bits per heavy atom. The van der Waals surface area contributed by atoms with Gasteiger partial charge in [0.15, 0.2) is 17.3 Å². The van der Waals surface area contributed by atoms with E-state index in [-0.39, 0.29) is 18.5 Å². The normalized spacial score (nSPS) is 19.9. The lowest BCUT2D eigenvalue weighted by molar-refractivity contribution is 0.0906. The van der Waals surface area contributed by atoms with E-state index < -0.39 is 6.04 Å². The first-order valence-electron chi connectivity index (χ1n) is 13.9. The molecule has 4 aromatic rings. The van der Waals surface area contributed by atoms with Gasteiger partial charge in [0.1, 0.15) is 6.04 Å². The summed E-state index contributed by atoms with van der Waals surface area (Å²) in [5.41, 5.74) is 5.00. The second-order valence-electron chi connectivity index (χ2n) is 10.8. The molecule has 40 heavy (non-hydrogen) atoms. The summed E-state index contributed by atoms with van der Waals surface area (Å²) in [6, 6.07) is 11.7. The summed E-state index contributed by atoms with van der Waals surface area (Å²) >= 11 is 0. The van der Waals surface area contributed by atoms with E-state index in [9.17, 15) is 4.79 Å². The molecule has 11 heteroatoms. The second-order valence-corrected chi connectivity index (χ2v) is 10.8. The van der Waals surface area contributed by atoms with Gasteiger partial charge >= 0.3 is 0 Å². The monoisotopic (exact) mass is 543 g/mol. The minimum absolute atomic E-state index is 0.0682. The number of nitrogens with one attached hydrogen (secondary N) is 1. The van der Waals surface area contributed by atoms with Crippen molar-refractivity contribution >= 4 is 16.6 Å². The van der Waals surface area contributed by atoms with Crippen LogP contribution in [0.4, 0.5) is 5.69 Å². The number of hydrogen-bond acceptors (Lipinski definition) is 9. The number of anilines is 1. The Kier molecular flexibility index (Phi) is 6.39. The molecule has 5 heterocycles. The van der Waals surface area contributed by atoms with Crippen LogP contribution in [0.5, 0.6) is 11.5 Å². The third-order valence-corrected chi connectivity index (χ3v) is 8.46. The largest absolute Gasteiger partial charge is 0.454 e. The highest BCUT2D eigenvalue weighted by Crippen LogP contribution is 2.37. The van der Waals surface area contributed by atoms with E-state index in [1.54, 1.807) is 0 Å². The van der Waals surface area contributed by atoms with Crippen molar-refractivity contribution in [3.05, 3.63) is 69.3 Å². The van der Waals surface area contributed by atoms with E-state index in [1.807, 2.05) is 22.9 Å². The number of aromatic nitrogens is 5.